The molecule has 0 heterocycles. The molecule has 7 rings (SSSR count). The third-order valence-electron chi connectivity index (χ3n) is 10.0. The molecule has 0 N–H and O–H groups in total. The number of hydrogen-bond acceptors (Lipinski definition) is 0. The van der Waals surface area contributed by atoms with E-state index in [1.807, 2.05) is 0 Å². The second kappa shape index (κ2) is 10.8. The van der Waals surface area contributed by atoms with E-state index in [0.29, 0.717) is 5.92 Å². The van der Waals surface area contributed by atoms with E-state index in [-0.39, 0.29) is 35.6 Å². The van der Waals surface area contributed by atoms with E-state index in [1.54, 1.807) is 17.7 Å². The van der Waals surface area contributed by atoms with Crippen LogP contribution >= 0.6 is 0 Å². The smallest absolute Gasteiger partial charge is 1.00 e. The molecule has 0 saturated heterocycles. The summed E-state index contributed by atoms with van der Waals surface area (Å²) in [7, 11) is 0. The number of halogens is 2. The first kappa shape index (κ1) is 31.4. The molecule has 0 bridgehead atoms. The molecule has 0 aromatic heterocycles. The molecule has 0 aliphatic heterocycles. The predicted octanol–water partition coefficient (Wildman–Crippen LogP) is 3.93. The number of hydrogen-bond donors (Lipinski definition) is 0. The van der Waals surface area contributed by atoms with Crippen molar-refractivity contribution in [1.29, 1.82) is 0 Å². The van der Waals surface area contributed by atoms with Crippen LogP contribution in [0.1, 0.15) is 94.3 Å². The number of benzene rings is 3. The average Bonchev–Trinajstić information content (AvgIpc) is 3.55. The maximum absolute atomic E-state index is 2.71. The molecule has 3 aromatic carbocycles. The molecule has 4 aliphatic rings. The van der Waals surface area contributed by atoms with Gasteiger partial charge in [0, 0.05) is 0 Å². The Morgan fingerprint density at radius 2 is 1.40 bits per heavy atom. The Hall–Kier alpha value is -2.05. The third kappa shape index (κ3) is 4.70. The van der Waals surface area contributed by atoms with Gasteiger partial charge in [-0.25, -0.2) is 0 Å². The predicted molar refractivity (Wildman–Crippen MR) is 170 cm³/mol. The van der Waals surface area contributed by atoms with Gasteiger partial charge in [0.2, 0.25) is 0 Å². The van der Waals surface area contributed by atoms with Crippen LogP contribution < -0.4 is 24.8 Å². The molecule has 3 heteroatoms. The van der Waals surface area contributed by atoms with Crippen LogP contribution in [0.2, 0.25) is 0 Å². The zero-order chi connectivity index (χ0) is 28.1. The van der Waals surface area contributed by atoms with Crippen LogP contribution in [-0.4, -0.2) is 3.71 Å². The summed E-state index contributed by atoms with van der Waals surface area (Å²) < 4.78 is 6.19. The summed E-state index contributed by atoms with van der Waals surface area (Å²) in [6.45, 7) is 19.1. The molecule has 0 fully saturated rings. The minimum Gasteiger partial charge on any atom is -1.00 e. The largest absolute Gasteiger partial charge is 1.00 e. The van der Waals surface area contributed by atoms with Gasteiger partial charge in [0.05, 0.1) is 0 Å². The molecule has 0 spiro atoms. The maximum atomic E-state index is 2.71. The van der Waals surface area contributed by atoms with Gasteiger partial charge in [-0.2, -0.15) is 0 Å². The van der Waals surface area contributed by atoms with E-state index < -0.39 is 21.3 Å². The van der Waals surface area contributed by atoms with Crippen molar-refractivity contribution in [2.24, 2.45) is 5.92 Å². The fourth-order valence-electron chi connectivity index (χ4n) is 8.20. The van der Waals surface area contributed by atoms with Crippen LogP contribution in [0.5, 0.6) is 0 Å². The Balaban J connectivity index is 0.00000176. The maximum Gasteiger partial charge on any atom is -1.00 e. The second-order valence-corrected chi connectivity index (χ2v) is 19.1. The summed E-state index contributed by atoms with van der Waals surface area (Å²) in [5, 5.41) is 0. The molecular formula is C39H40Cl2Zr. The fourth-order valence-corrected chi connectivity index (χ4v) is 16.6. The minimum absolute atomic E-state index is 0. The monoisotopic (exact) mass is 668 g/mol. The van der Waals surface area contributed by atoms with Gasteiger partial charge in [-0.15, -0.1) is 0 Å². The zero-order valence-corrected chi connectivity index (χ0v) is 30.0. The van der Waals surface area contributed by atoms with Crippen molar-refractivity contribution >= 4 is 14.9 Å². The Kier molecular flexibility index (Phi) is 8.10. The van der Waals surface area contributed by atoms with E-state index in [0.717, 1.165) is 6.42 Å². The van der Waals surface area contributed by atoms with Gasteiger partial charge >= 0.3 is 250 Å². The topological polar surface area (TPSA) is 0 Å². The normalized spacial score (nSPS) is 20.1. The van der Waals surface area contributed by atoms with Crippen molar-refractivity contribution < 1.29 is 46.1 Å². The Morgan fingerprint density at radius 3 is 2.02 bits per heavy atom. The molecule has 214 valence electrons. The summed E-state index contributed by atoms with van der Waals surface area (Å²) in [6, 6.07) is 21.3. The minimum atomic E-state index is -2.38. The fraction of sp³-hybridized carbons (Fsp3) is 0.308. The van der Waals surface area contributed by atoms with Crippen LogP contribution in [0.4, 0.5) is 0 Å². The van der Waals surface area contributed by atoms with Gasteiger partial charge in [0.25, 0.3) is 0 Å². The van der Waals surface area contributed by atoms with Crippen molar-refractivity contribution in [3.63, 3.8) is 0 Å². The molecule has 3 aromatic rings. The molecule has 1 atom stereocenters. The van der Waals surface area contributed by atoms with E-state index in [2.05, 4.69) is 132 Å². The van der Waals surface area contributed by atoms with Crippen LogP contribution in [0.3, 0.4) is 0 Å². The summed E-state index contributed by atoms with van der Waals surface area (Å²) in [5.41, 5.74) is 17.9. The molecule has 0 radical (unpaired) electrons. The van der Waals surface area contributed by atoms with Crippen LogP contribution in [0, 0.1) is 5.92 Å². The van der Waals surface area contributed by atoms with Crippen LogP contribution in [-0.2, 0) is 38.5 Å². The summed E-state index contributed by atoms with van der Waals surface area (Å²) in [6.07, 6.45) is 8.51. The summed E-state index contributed by atoms with van der Waals surface area (Å²) in [4.78, 5) is 0. The Labute approximate surface area is 272 Å². The van der Waals surface area contributed by atoms with Crippen molar-refractivity contribution in [3.8, 4) is 11.1 Å². The van der Waals surface area contributed by atoms with Gasteiger partial charge in [-0.3, -0.25) is 0 Å². The van der Waals surface area contributed by atoms with E-state index in [1.165, 1.54) is 55.7 Å². The number of fused-ring (bicyclic) bond motifs is 5. The van der Waals surface area contributed by atoms with E-state index in [9.17, 15) is 0 Å². The van der Waals surface area contributed by atoms with Gasteiger partial charge in [0.15, 0.2) is 0 Å². The van der Waals surface area contributed by atoms with Gasteiger partial charge in [-0.05, 0) is 0 Å². The molecule has 0 saturated carbocycles. The standard InChI is InChI=1S/C25H25.C7H9.C7H6.2ClH.Zr/c1-14-12-24(3,4)22-8-16-7-17-9-23-19(15(2)13-25(23,5)6)11-21(17)20(16)10-18(14)22;1-6-3-4-7(2)5-6;1-7-5-3-2-4-6-7;;;/h8-12H,7H2,1-6H3;3,5,7H,1-2H3;1-6H;2*1H;/q;;;;;+2/p-2. The zero-order valence-electron chi connectivity index (χ0n) is 26.0. The van der Waals surface area contributed by atoms with Crippen molar-refractivity contribution in [3.05, 3.63) is 124 Å². The first-order valence-corrected chi connectivity index (χ1v) is 18.8. The average molecular weight is 671 g/mol. The molecule has 1 unspecified atom stereocenters. The van der Waals surface area contributed by atoms with Gasteiger partial charge in [0.1, 0.15) is 0 Å². The van der Waals surface area contributed by atoms with Crippen molar-refractivity contribution in [2.45, 2.75) is 72.6 Å². The SMILES string of the molecule is CC1=CC(C)[C]([Zr+2](=[CH]c2ccccc2)[C]2=C(C)c3cc4c(cc3C2(C)C)Cc2cc3c(cc2-4)C(C)=CC3(C)C)=C1.[Cl-].[Cl-]. The Bertz CT molecular complexity index is 1790. The van der Waals surface area contributed by atoms with Crippen LogP contribution in [0.25, 0.3) is 22.3 Å². The molecule has 0 amide bonds. The second-order valence-electron chi connectivity index (χ2n) is 13.7. The summed E-state index contributed by atoms with van der Waals surface area (Å²) in [5.74, 6) is 0.536. The molecule has 0 nitrogen and oxygen atoms in total. The first-order chi connectivity index (χ1) is 19.0. The Morgan fingerprint density at radius 1 is 0.786 bits per heavy atom. The molecule has 42 heavy (non-hydrogen) atoms. The molecule has 4 aliphatic carbocycles. The molecular weight excluding hydrogens is 631 g/mol. The van der Waals surface area contributed by atoms with Crippen LogP contribution in [0.15, 0.2) is 85.0 Å². The van der Waals surface area contributed by atoms with Gasteiger partial charge in [-0.1, -0.05) is 0 Å². The van der Waals surface area contributed by atoms with E-state index >= 15 is 0 Å². The quantitative estimate of drug-likeness (QED) is 0.310. The third-order valence-corrected chi connectivity index (χ3v) is 18.3. The van der Waals surface area contributed by atoms with Crippen molar-refractivity contribution in [1.82, 2.24) is 0 Å². The summed E-state index contributed by atoms with van der Waals surface area (Å²) >= 11 is -2.38. The van der Waals surface area contributed by atoms with Gasteiger partial charge < -0.3 is 24.8 Å². The van der Waals surface area contributed by atoms with Crippen molar-refractivity contribution in [2.75, 3.05) is 0 Å². The first-order valence-electron chi connectivity index (χ1n) is 14.9. The number of rotatable bonds is 3. The number of allylic oxidation sites excluding steroid dienone is 8. The van der Waals surface area contributed by atoms with E-state index in [4.69, 9.17) is 0 Å².